The summed E-state index contributed by atoms with van der Waals surface area (Å²) in [4.78, 5) is 14.7. The van der Waals surface area contributed by atoms with Gasteiger partial charge >= 0.3 is 18.4 Å². The lowest BCUT2D eigenvalue weighted by molar-refractivity contribution is -0.138. The first-order chi connectivity index (χ1) is 18.1. The molecule has 3 aromatic rings. The minimum absolute atomic E-state index is 0.0305. The molecule has 1 aliphatic heterocycles. The third kappa shape index (κ3) is 5.78. The number of hydrogen-bond acceptors (Lipinski definition) is 6. The first kappa shape index (κ1) is 26.1. The van der Waals surface area contributed by atoms with Crippen molar-refractivity contribution in [3.05, 3.63) is 65.0 Å². The van der Waals surface area contributed by atoms with Crippen molar-refractivity contribution < 1.29 is 31.1 Å². The largest absolute Gasteiger partial charge is 0.460 e. The minimum atomic E-state index is -4.56. The van der Waals surface area contributed by atoms with Crippen LogP contribution in [0.15, 0.2) is 42.6 Å². The van der Waals surface area contributed by atoms with Crippen molar-refractivity contribution in [3.8, 4) is 6.01 Å². The Morgan fingerprint density at radius 1 is 0.868 bits per heavy atom. The van der Waals surface area contributed by atoms with Crippen LogP contribution in [-0.2, 0) is 25.2 Å². The smallest absolute Gasteiger partial charge is 0.419 e. The van der Waals surface area contributed by atoms with Crippen LogP contribution in [-0.4, -0.2) is 34.1 Å². The fourth-order valence-corrected chi connectivity index (χ4v) is 4.85. The summed E-state index contributed by atoms with van der Waals surface area (Å²) in [6.07, 6.45) is -3.29. The van der Waals surface area contributed by atoms with Crippen LogP contribution in [0.3, 0.4) is 0 Å². The number of nitrogens with zero attached hydrogens (tertiary/aromatic N) is 4. The molecule has 1 saturated carbocycles. The Balaban J connectivity index is 1.45. The summed E-state index contributed by atoms with van der Waals surface area (Å²) < 4.78 is 85.9. The molecule has 1 aliphatic carbocycles. The van der Waals surface area contributed by atoms with Crippen molar-refractivity contribution in [1.82, 2.24) is 15.0 Å². The molecule has 38 heavy (non-hydrogen) atoms. The molecule has 1 N–H and O–H groups in total. The summed E-state index contributed by atoms with van der Waals surface area (Å²) in [5.41, 5.74) is 0.0904. The van der Waals surface area contributed by atoms with Gasteiger partial charge in [0.05, 0.1) is 16.8 Å². The van der Waals surface area contributed by atoms with E-state index >= 15 is 0 Å². The number of pyridine rings is 1. The van der Waals surface area contributed by atoms with Gasteiger partial charge in [-0.1, -0.05) is 0 Å². The Labute approximate surface area is 215 Å². The van der Waals surface area contributed by atoms with Crippen LogP contribution in [0.2, 0.25) is 0 Å². The summed E-state index contributed by atoms with van der Waals surface area (Å²) in [7, 11) is 0. The lowest BCUT2D eigenvalue weighted by Crippen LogP contribution is -2.29. The number of aromatic nitrogens is 3. The zero-order valence-corrected chi connectivity index (χ0v) is 20.2. The molecule has 6 nitrogen and oxygen atoms in total. The summed E-state index contributed by atoms with van der Waals surface area (Å²) >= 11 is 0. The SMILES string of the molecule is FC(F)(F)c1ccc(Nc2nc(OC3CCCC3)nc3c2CCN(c2ncccc2C(F)(F)F)CC3)cc1. The predicted molar refractivity (Wildman–Crippen MR) is 129 cm³/mol. The molecule has 0 radical (unpaired) electrons. The van der Waals surface area contributed by atoms with Crippen LogP contribution < -0.4 is 15.0 Å². The van der Waals surface area contributed by atoms with Gasteiger partial charge in [-0.3, -0.25) is 0 Å². The molecule has 2 aliphatic rings. The second-order valence-corrected chi connectivity index (χ2v) is 9.36. The van der Waals surface area contributed by atoms with Crippen LogP contribution in [0.25, 0.3) is 0 Å². The Bertz CT molecular complexity index is 1270. The maximum absolute atomic E-state index is 13.6. The van der Waals surface area contributed by atoms with Gasteiger partial charge in [0, 0.05) is 37.0 Å². The molecule has 0 unspecified atom stereocenters. The van der Waals surface area contributed by atoms with Crippen molar-refractivity contribution in [1.29, 1.82) is 0 Å². The Morgan fingerprint density at radius 3 is 2.26 bits per heavy atom. The molecule has 2 aromatic heterocycles. The Hall–Kier alpha value is -3.57. The highest BCUT2D eigenvalue weighted by Gasteiger charge is 2.36. The summed E-state index contributed by atoms with van der Waals surface area (Å²) in [6, 6.07) is 6.96. The quantitative estimate of drug-likeness (QED) is 0.371. The molecule has 5 rings (SSSR count). The van der Waals surface area contributed by atoms with Gasteiger partial charge in [0.1, 0.15) is 17.7 Å². The van der Waals surface area contributed by atoms with Gasteiger partial charge in [-0.2, -0.15) is 36.3 Å². The number of anilines is 3. The summed E-state index contributed by atoms with van der Waals surface area (Å²) in [5, 5.41) is 3.08. The van der Waals surface area contributed by atoms with E-state index in [0.717, 1.165) is 43.9 Å². The molecule has 0 atom stereocenters. The average Bonchev–Trinajstić information content (AvgIpc) is 3.28. The molecular formula is C26H25F6N5O. The van der Waals surface area contributed by atoms with Crippen molar-refractivity contribution in [3.63, 3.8) is 0 Å². The lowest BCUT2D eigenvalue weighted by Gasteiger charge is -2.24. The number of halogens is 6. The van der Waals surface area contributed by atoms with Gasteiger partial charge in [0.2, 0.25) is 0 Å². The fourth-order valence-electron chi connectivity index (χ4n) is 4.85. The second kappa shape index (κ2) is 10.3. The van der Waals surface area contributed by atoms with Crippen molar-refractivity contribution in [2.45, 2.75) is 57.0 Å². The first-order valence-electron chi connectivity index (χ1n) is 12.4. The first-order valence-corrected chi connectivity index (χ1v) is 12.4. The van der Waals surface area contributed by atoms with E-state index in [0.29, 0.717) is 35.6 Å². The monoisotopic (exact) mass is 537 g/mol. The normalized spacial score (nSPS) is 16.7. The van der Waals surface area contributed by atoms with E-state index in [1.807, 2.05) is 0 Å². The van der Waals surface area contributed by atoms with Crippen LogP contribution >= 0.6 is 0 Å². The number of hydrogen-bond donors (Lipinski definition) is 1. The van der Waals surface area contributed by atoms with E-state index in [4.69, 9.17) is 4.74 Å². The Kier molecular flexibility index (Phi) is 7.06. The maximum Gasteiger partial charge on any atom is 0.419 e. The lowest BCUT2D eigenvalue weighted by atomic mass is 10.1. The summed E-state index contributed by atoms with van der Waals surface area (Å²) in [6.45, 7) is 0.466. The number of alkyl halides is 6. The number of nitrogens with one attached hydrogen (secondary N) is 1. The number of benzene rings is 1. The van der Waals surface area contributed by atoms with Crippen molar-refractivity contribution in [2.75, 3.05) is 23.3 Å². The molecule has 1 fully saturated rings. The molecule has 3 heterocycles. The molecule has 1 aromatic carbocycles. The van der Waals surface area contributed by atoms with Crippen LogP contribution in [0.1, 0.15) is 48.1 Å². The zero-order chi connectivity index (χ0) is 26.9. The number of fused-ring (bicyclic) bond motifs is 1. The van der Waals surface area contributed by atoms with Crippen LogP contribution in [0.4, 0.5) is 43.7 Å². The van der Waals surface area contributed by atoms with Gasteiger partial charge in [0.25, 0.3) is 0 Å². The third-order valence-corrected chi connectivity index (χ3v) is 6.76. The number of rotatable bonds is 5. The highest BCUT2D eigenvalue weighted by molar-refractivity contribution is 5.62. The molecule has 0 spiro atoms. The highest BCUT2D eigenvalue weighted by atomic mass is 19.4. The molecular weight excluding hydrogens is 512 g/mol. The van der Waals surface area contributed by atoms with E-state index in [1.54, 1.807) is 4.90 Å². The second-order valence-electron chi connectivity index (χ2n) is 9.36. The molecule has 0 bridgehead atoms. The van der Waals surface area contributed by atoms with Crippen LogP contribution in [0.5, 0.6) is 6.01 Å². The number of ether oxygens (including phenoxy) is 1. The molecule has 0 saturated heterocycles. The van der Waals surface area contributed by atoms with E-state index < -0.39 is 23.5 Å². The minimum Gasteiger partial charge on any atom is -0.460 e. The topological polar surface area (TPSA) is 63.2 Å². The Morgan fingerprint density at radius 2 is 1.58 bits per heavy atom. The molecule has 12 heteroatoms. The average molecular weight is 538 g/mol. The molecule has 0 amide bonds. The van der Waals surface area contributed by atoms with Crippen LogP contribution in [0, 0.1) is 0 Å². The van der Waals surface area contributed by atoms with Gasteiger partial charge in [-0.25, -0.2) is 4.98 Å². The van der Waals surface area contributed by atoms with Crippen molar-refractivity contribution in [2.24, 2.45) is 0 Å². The van der Waals surface area contributed by atoms with E-state index in [-0.39, 0.29) is 31.0 Å². The van der Waals surface area contributed by atoms with E-state index in [9.17, 15) is 26.3 Å². The predicted octanol–water partition coefficient (Wildman–Crippen LogP) is 6.58. The van der Waals surface area contributed by atoms with Gasteiger partial charge in [-0.15, -0.1) is 0 Å². The zero-order valence-electron chi connectivity index (χ0n) is 20.2. The van der Waals surface area contributed by atoms with E-state index in [1.165, 1.54) is 24.4 Å². The summed E-state index contributed by atoms with van der Waals surface area (Å²) in [5.74, 6) is 0.210. The molecule has 202 valence electrons. The van der Waals surface area contributed by atoms with Crippen molar-refractivity contribution >= 4 is 17.3 Å². The van der Waals surface area contributed by atoms with Gasteiger partial charge < -0.3 is 15.0 Å². The fraction of sp³-hybridized carbons (Fsp3) is 0.423. The maximum atomic E-state index is 13.6. The van der Waals surface area contributed by atoms with Gasteiger partial charge in [0.15, 0.2) is 0 Å². The third-order valence-electron chi connectivity index (χ3n) is 6.76. The van der Waals surface area contributed by atoms with Gasteiger partial charge in [-0.05, 0) is 68.5 Å². The highest BCUT2D eigenvalue weighted by Crippen LogP contribution is 2.37. The standard InChI is InChI=1S/C26H25F6N5O/c27-25(28,29)16-7-9-17(10-8-16)34-22-19-11-14-37(23-20(26(30,31)32)6-3-13-33-23)15-12-21(19)35-24(36-22)38-18-4-1-2-5-18/h3,6-10,13,18H,1-2,4-5,11-12,14-15H2,(H,34,35,36). The van der Waals surface area contributed by atoms with E-state index in [2.05, 4.69) is 20.3 Å².